The van der Waals surface area contributed by atoms with Crippen molar-refractivity contribution in [1.82, 2.24) is 5.32 Å². The maximum absolute atomic E-state index is 13.3. The van der Waals surface area contributed by atoms with E-state index in [2.05, 4.69) is 11.4 Å². The Labute approximate surface area is 168 Å². The molecule has 1 aromatic carbocycles. The molecule has 0 spiro atoms. The van der Waals surface area contributed by atoms with E-state index in [4.69, 9.17) is 4.74 Å². The minimum absolute atomic E-state index is 0.0684. The maximum atomic E-state index is 13.3. The summed E-state index contributed by atoms with van der Waals surface area (Å²) in [5.74, 6) is -0.252. The SMILES string of the molecule is COc1ccc(C)cc1S(=O)(=O)[C@H]1CS(=O)(=O)C[C@@H]1NCCC1=CCCCC1. The van der Waals surface area contributed by atoms with Crippen molar-refractivity contribution in [1.29, 1.82) is 0 Å². The zero-order valence-electron chi connectivity index (χ0n) is 16.5. The van der Waals surface area contributed by atoms with Crippen LogP contribution in [0.25, 0.3) is 0 Å². The summed E-state index contributed by atoms with van der Waals surface area (Å²) in [4.78, 5) is 0.0684. The molecule has 1 fully saturated rings. The fourth-order valence-electron chi connectivity index (χ4n) is 4.03. The first-order chi connectivity index (χ1) is 13.2. The lowest BCUT2D eigenvalue weighted by atomic mass is 9.97. The van der Waals surface area contributed by atoms with Gasteiger partial charge in [0.05, 0.1) is 23.9 Å². The van der Waals surface area contributed by atoms with Crippen LogP contribution in [0, 0.1) is 6.92 Å². The molecule has 1 aliphatic carbocycles. The lowest BCUT2D eigenvalue weighted by Crippen LogP contribution is -2.43. The molecule has 6 nitrogen and oxygen atoms in total. The van der Waals surface area contributed by atoms with Gasteiger partial charge in [-0.1, -0.05) is 17.7 Å². The fourth-order valence-corrected chi connectivity index (χ4v) is 8.99. The number of benzene rings is 1. The smallest absolute Gasteiger partial charge is 0.187 e. The average molecular weight is 428 g/mol. The summed E-state index contributed by atoms with van der Waals surface area (Å²) in [6, 6.07) is 4.34. The number of ether oxygens (including phenoxy) is 1. The molecule has 1 saturated heterocycles. The van der Waals surface area contributed by atoms with Gasteiger partial charge in [0.1, 0.15) is 10.6 Å². The van der Waals surface area contributed by atoms with Crippen LogP contribution in [0.1, 0.15) is 37.7 Å². The molecule has 1 aromatic rings. The number of hydrogen-bond donors (Lipinski definition) is 1. The second kappa shape index (κ2) is 8.55. The van der Waals surface area contributed by atoms with Gasteiger partial charge < -0.3 is 10.1 Å². The van der Waals surface area contributed by atoms with E-state index in [1.165, 1.54) is 25.5 Å². The van der Waals surface area contributed by atoms with Crippen molar-refractivity contribution < 1.29 is 21.6 Å². The molecular weight excluding hydrogens is 398 g/mol. The predicted molar refractivity (Wildman–Crippen MR) is 110 cm³/mol. The van der Waals surface area contributed by atoms with Gasteiger partial charge >= 0.3 is 0 Å². The van der Waals surface area contributed by atoms with E-state index in [9.17, 15) is 16.8 Å². The molecule has 156 valence electrons. The van der Waals surface area contributed by atoms with Crippen LogP contribution >= 0.6 is 0 Å². The van der Waals surface area contributed by atoms with Crippen molar-refractivity contribution >= 4 is 19.7 Å². The van der Waals surface area contributed by atoms with Crippen LogP contribution in [0.5, 0.6) is 5.75 Å². The van der Waals surface area contributed by atoms with Crippen LogP contribution in [0.3, 0.4) is 0 Å². The van der Waals surface area contributed by atoms with Gasteiger partial charge in [-0.15, -0.1) is 0 Å². The van der Waals surface area contributed by atoms with Crippen LogP contribution in [0.4, 0.5) is 0 Å². The standard InChI is InChI=1S/C20H29NO5S2/c1-15-8-9-18(26-2)19(12-15)28(24,25)20-14-27(22,23)13-17(20)21-11-10-16-6-4-3-5-7-16/h6,8-9,12,17,20-21H,3-5,7,10-11,13-14H2,1-2H3/t17-,20-/m0/s1. The third-order valence-corrected chi connectivity index (χ3v) is 9.73. The molecule has 1 heterocycles. The van der Waals surface area contributed by atoms with Crippen molar-refractivity contribution in [2.45, 2.75) is 55.2 Å². The number of sulfone groups is 2. The number of methoxy groups -OCH3 is 1. The molecule has 28 heavy (non-hydrogen) atoms. The van der Waals surface area contributed by atoms with Gasteiger partial charge in [0.15, 0.2) is 19.7 Å². The normalized spacial score (nSPS) is 24.7. The summed E-state index contributed by atoms with van der Waals surface area (Å²) in [5, 5.41) is 2.22. The quantitative estimate of drug-likeness (QED) is 0.672. The molecule has 2 aliphatic rings. The third kappa shape index (κ3) is 4.78. The topological polar surface area (TPSA) is 89.5 Å². The molecule has 0 radical (unpaired) electrons. The van der Waals surface area contributed by atoms with Gasteiger partial charge in [0.2, 0.25) is 0 Å². The fraction of sp³-hybridized carbons (Fsp3) is 0.600. The molecule has 2 atom stereocenters. The van der Waals surface area contributed by atoms with Crippen LogP contribution in [0.2, 0.25) is 0 Å². The van der Waals surface area contributed by atoms with Crippen molar-refractivity contribution in [3.05, 3.63) is 35.4 Å². The molecule has 8 heteroatoms. The Morgan fingerprint density at radius 3 is 2.68 bits per heavy atom. The molecule has 1 aliphatic heterocycles. The number of aryl methyl sites for hydroxylation is 1. The Bertz CT molecular complexity index is 951. The Balaban J connectivity index is 1.81. The molecular formula is C20H29NO5S2. The zero-order chi connectivity index (χ0) is 20.4. The first-order valence-corrected chi connectivity index (χ1v) is 13.1. The average Bonchev–Trinajstić information content (AvgIpc) is 2.98. The van der Waals surface area contributed by atoms with Gasteiger partial charge in [-0.25, -0.2) is 16.8 Å². The molecule has 0 bridgehead atoms. The highest BCUT2D eigenvalue weighted by Crippen LogP contribution is 2.32. The van der Waals surface area contributed by atoms with E-state index in [1.54, 1.807) is 25.1 Å². The molecule has 0 amide bonds. The second-order valence-electron chi connectivity index (χ2n) is 7.73. The van der Waals surface area contributed by atoms with Crippen molar-refractivity contribution in [3.8, 4) is 5.75 Å². The highest BCUT2D eigenvalue weighted by molar-refractivity contribution is 7.96. The van der Waals surface area contributed by atoms with Crippen molar-refractivity contribution in [2.24, 2.45) is 0 Å². The Kier molecular flexibility index (Phi) is 6.51. The van der Waals surface area contributed by atoms with Gasteiger partial charge in [-0.3, -0.25) is 0 Å². The summed E-state index contributed by atoms with van der Waals surface area (Å²) in [6.07, 6.45) is 7.66. The molecule has 0 unspecified atom stereocenters. The third-order valence-electron chi connectivity index (χ3n) is 5.56. The van der Waals surface area contributed by atoms with E-state index >= 15 is 0 Å². The van der Waals surface area contributed by atoms with Gasteiger partial charge in [0.25, 0.3) is 0 Å². The Hall–Kier alpha value is -1.38. The summed E-state index contributed by atoms with van der Waals surface area (Å²) < 4.78 is 56.4. The summed E-state index contributed by atoms with van der Waals surface area (Å²) >= 11 is 0. The van der Waals surface area contributed by atoms with Gasteiger partial charge in [-0.05, 0) is 63.3 Å². The lowest BCUT2D eigenvalue weighted by molar-refractivity contribution is 0.402. The summed E-state index contributed by atoms with van der Waals surface area (Å²) in [5.41, 5.74) is 2.16. The number of nitrogens with one attached hydrogen (secondary N) is 1. The number of rotatable bonds is 7. The Morgan fingerprint density at radius 1 is 1.21 bits per heavy atom. The highest BCUT2D eigenvalue weighted by atomic mass is 32.2. The molecule has 1 N–H and O–H groups in total. The van der Waals surface area contributed by atoms with E-state index in [-0.39, 0.29) is 22.2 Å². The van der Waals surface area contributed by atoms with Gasteiger partial charge in [0, 0.05) is 6.04 Å². The summed E-state index contributed by atoms with van der Waals surface area (Å²) in [6.45, 7) is 2.39. The number of hydrogen-bond acceptors (Lipinski definition) is 6. The van der Waals surface area contributed by atoms with Crippen molar-refractivity contribution in [2.75, 3.05) is 25.2 Å². The number of allylic oxidation sites excluding steroid dienone is 1. The first kappa shape index (κ1) is 21.3. The maximum Gasteiger partial charge on any atom is 0.187 e. The predicted octanol–water partition coefficient (Wildman–Crippen LogP) is 2.42. The zero-order valence-corrected chi connectivity index (χ0v) is 18.1. The minimum atomic E-state index is -3.86. The highest BCUT2D eigenvalue weighted by Gasteiger charge is 2.46. The van der Waals surface area contributed by atoms with Gasteiger partial charge in [-0.2, -0.15) is 0 Å². The molecule has 3 rings (SSSR count). The van der Waals surface area contributed by atoms with Crippen LogP contribution in [-0.4, -0.2) is 53.3 Å². The van der Waals surface area contributed by atoms with Crippen molar-refractivity contribution in [3.63, 3.8) is 0 Å². The summed E-state index contributed by atoms with van der Waals surface area (Å²) in [7, 11) is -5.86. The van der Waals surface area contributed by atoms with E-state index < -0.39 is 31.0 Å². The van der Waals surface area contributed by atoms with E-state index in [0.29, 0.717) is 6.54 Å². The first-order valence-electron chi connectivity index (χ1n) is 9.73. The molecule has 0 aromatic heterocycles. The monoisotopic (exact) mass is 427 g/mol. The second-order valence-corrected chi connectivity index (χ2v) is 12.0. The van der Waals surface area contributed by atoms with E-state index in [0.717, 1.165) is 24.8 Å². The Morgan fingerprint density at radius 2 is 2.00 bits per heavy atom. The minimum Gasteiger partial charge on any atom is -0.495 e. The van der Waals surface area contributed by atoms with Crippen LogP contribution in [-0.2, 0) is 19.7 Å². The van der Waals surface area contributed by atoms with Crippen LogP contribution < -0.4 is 10.1 Å². The van der Waals surface area contributed by atoms with Crippen LogP contribution in [0.15, 0.2) is 34.7 Å². The molecule has 0 saturated carbocycles. The van der Waals surface area contributed by atoms with E-state index in [1.807, 2.05) is 0 Å². The largest absolute Gasteiger partial charge is 0.495 e. The lowest BCUT2D eigenvalue weighted by Gasteiger charge is -2.22.